The zero-order valence-electron chi connectivity index (χ0n) is 13.9. The number of benzene rings is 1. The lowest BCUT2D eigenvalue weighted by molar-refractivity contribution is 0.308. The van der Waals surface area contributed by atoms with Gasteiger partial charge in [0, 0.05) is 26.7 Å². The molecule has 0 bridgehead atoms. The maximum atomic E-state index is 13.5. The quantitative estimate of drug-likeness (QED) is 0.404. The first-order valence-electron chi connectivity index (χ1n) is 7.52. The lowest BCUT2D eigenvalue weighted by Crippen LogP contribution is -2.41. The Morgan fingerprint density at radius 2 is 1.91 bits per heavy atom. The summed E-state index contributed by atoms with van der Waals surface area (Å²) >= 11 is 0. The van der Waals surface area contributed by atoms with E-state index in [1.165, 1.54) is 0 Å². The summed E-state index contributed by atoms with van der Waals surface area (Å²) in [7, 11) is 1.74. The summed E-state index contributed by atoms with van der Waals surface area (Å²) in [5.74, 6) is 0.571. The van der Waals surface area contributed by atoms with E-state index >= 15 is 0 Å². The fraction of sp³-hybridized carbons (Fsp3) is 0.562. The van der Waals surface area contributed by atoms with Gasteiger partial charge in [-0.05, 0) is 37.2 Å². The molecule has 4 nitrogen and oxygen atoms in total. The van der Waals surface area contributed by atoms with Crippen molar-refractivity contribution < 1.29 is 4.39 Å². The number of aryl methyl sites for hydroxylation is 1. The van der Waals surface area contributed by atoms with Crippen LogP contribution in [-0.2, 0) is 6.54 Å². The van der Waals surface area contributed by atoms with Gasteiger partial charge in [-0.1, -0.05) is 26.0 Å². The van der Waals surface area contributed by atoms with Crippen LogP contribution < -0.4 is 10.6 Å². The first kappa shape index (κ1) is 21.1. The largest absolute Gasteiger partial charge is 0.355 e. The Labute approximate surface area is 150 Å². The van der Waals surface area contributed by atoms with Crippen LogP contribution in [0.2, 0.25) is 0 Å². The molecule has 0 aliphatic rings. The highest BCUT2D eigenvalue weighted by atomic mass is 127. The van der Waals surface area contributed by atoms with Crippen LogP contribution in [0.5, 0.6) is 0 Å². The summed E-state index contributed by atoms with van der Waals surface area (Å²) in [6.45, 7) is 10.5. The van der Waals surface area contributed by atoms with E-state index in [4.69, 9.17) is 0 Å². The Kier molecular flexibility index (Phi) is 11.2. The van der Waals surface area contributed by atoms with Crippen molar-refractivity contribution in [3.63, 3.8) is 0 Å². The first-order chi connectivity index (χ1) is 10.1. The van der Waals surface area contributed by atoms with Crippen LogP contribution in [0.3, 0.4) is 0 Å². The summed E-state index contributed by atoms with van der Waals surface area (Å²) < 4.78 is 13.5. The summed E-state index contributed by atoms with van der Waals surface area (Å²) in [5, 5.41) is 6.46. The molecule has 0 fully saturated rings. The second-order valence-corrected chi connectivity index (χ2v) is 4.96. The zero-order chi connectivity index (χ0) is 15.7. The molecule has 1 rings (SSSR count). The first-order valence-corrected chi connectivity index (χ1v) is 7.52. The fourth-order valence-electron chi connectivity index (χ4n) is 2.02. The molecule has 0 aliphatic heterocycles. The lowest BCUT2D eigenvalue weighted by Gasteiger charge is -2.19. The molecule has 1 aromatic rings. The van der Waals surface area contributed by atoms with Gasteiger partial charge in [0.2, 0.25) is 0 Å². The Morgan fingerprint density at radius 1 is 1.23 bits per heavy atom. The summed E-state index contributed by atoms with van der Waals surface area (Å²) in [4.78, 5) is 6.52. The van der Waals surface area contributed by atoms with E-state index in [1.807, 2.05) is 6.07 Å². The van der Waals surface area contributed by atoms with Crippen LogP contribution in [0.1, 0.15) is 25.0 Å². The fourth-order valence-corrected chi connectivity index (χ4v) is 2.02. The second-order valence-electron chi connectivity index (χ2n) is 4.96. The van der Waals surface area contributed by atoms with Gasteiger partial charge in [-0.15, -0.1) is 24.0 Å². The SMILES string of the molecule is CCN(CC)CCNC(=NC)NCc1ccc(C)c(F)c1.I. The van der Waals surface area contributed by atoms with E-state index in [1.54, 1.807) is 26.1 Å². The van der Waals surface area contributed by atoms with Crippen molar-refractivity contribution in [1.29, 1.82) is 0 Å². The Balaban J connectivity index is 0.00000441. The van der Waals surface area contributed by atoms with Gasteiger partial charge in [-0.25, -0.2) is 4.39 Å². The van der Waals surface area contributed by atoms with E-state index in [9.17, 15) is 4.39 Å². The van der Waals surface area contributed by atoms with Crippen LogP contribution in [0, 0.1) is 12.7 Å². The third-order valence-electron chi connectivity index (χ3n) is 3.53. The number of guanidine groups is 1. The maximum absolute atomic E-state index is 13.5. The lowest BCUT2D eigenvalue weighted by atomic mass is 10.1. The van der Waals surface area contributed by atoms with Gasteiger partial charge >= 0.3 is 0 Å². The average molecular weight is 422 g/mol. The van der Waals surface area contributed by atoms with E-state index in [0.717, 1.165) is 37.7 Å². The van der Waals surface area contributed by atoms with Crippen molar-refractivity contribution in [3.8, 4) is 0 Å². The van der Waals surface area contributed by atoms with Crippen molar-refractivity contribution in [1.82, 2.24) is 15.5 Å². The maximum Gasteiger partial charge on any atom is 0.191 e. The van der Waals surface area contributed by atoms with Crippen LogP contribution in [-0.4, -0.2) is 44.1 Å². The highest BCUT2D eigenvalue weighted by molar-refractivity contribution is 14.0. The molecule has 126 valence electrons. The molecular formula is C16H28FIN4. The minimum atomic E-state index is -0.168. The van der Waals surface area contributed by atoms with Crippen molar-refractivity contribution >= 4 is 29.9 Å². The molecule has 0 saturated heterocycles. The van der Waals surface area contributed by atoms with Gasteiger partial charge in [0.05, 0.1) is 0 Å². The molecule has 0 unspecified atom stereocenters. The van der Waals surface area contributed by atoms with Crippen LogP contribution in [0.25, 0.3) is 0 Å². The summed E-state index contributed by atoms with van der Waals surface area (Å²) in [5.41, 5.74) is 1.57. The predicted molar refractivity (Wildman–Crippen MR) is 103 cm³/mol. The van der Waals surface area contributed by atoms with E-state index in [2.05, 4.69) is 34.4 Å². The minimum absolute atomic E-state index is 0. The standard InChI is InChI=1S/C16H27FN4.HI/c1-5-21(6-2)10-9-19-16(18-4)20-12-14-8-7-13(3)15(17)11-14;/h7-8,11H,5-6,9-10,12H2,1-4H3,(H2,18,19,20);1H. The molecule has 0 spiro atoms. The monoisotopic (exact) mass is 422 g/mol. The zero-order valence-corrected chi connectivity index (χ0v) is 16.3. The van der Waals surface area contributed by atoms with Crippen LogP contribution in [0.4, 0.5) is 4.39 Å². The number of aliphatic imine (C=N–C) groups is 1. The van der Waals surface area contributed by atoms with E-state index in [-0.39, 0.29) is 29.8 Å². The Hall–Kier alpha value is -0.890. The molecule has 0 heterocycles. The Bertz CT molecular complexity index is 461. The normalized spacial score (nSPS) is 11.3. The van der Waals surface area contributed by atoms with Crippen LogP contribution in [0.15, 0.2) is 23.2 Å². The number of nitrogens with zero attached hydrogens (tertiary/aromatic N) is 2. The number of hydrogen-bond donors (Lipinski definition) is 2. The number of hydrogen-bond acceptors (Lipinski definition) is 2. The van der Waals surface area contributed by atoms with Crippen molar-refractivity contribution in [3.05, 3.63) is 35.1 Å². The molecule has 2 N–H and O–H groups in total. The van der Waals surface area contributed by atoms with Gasteiger partial charge < -0.3 is 15.5 Å². The summed E-state index contributed by atoms with van der Waals surface area (Å²) in [6, 6.07) is 5.28. The molecule has 0 aliphatic carbocycles. The van der Waals surface area contributed by atoms with Crippen molar-refractivity contribution in [2.45, 2.75) is 27.3 Å². The number of likely N-dealkylation sites (N-methyl/N-ethyl adjacent to an activating group) is 1. The average Bonchev–Trinajstić information content (AvgIpc) is 2.50. The third-order valence-corrected chi connectivity index (χ3v) is 3.53. The highest BCUT2D eigenvalue weighted by Crippen LogP contribution is 2.08. The minimum Gasteiger partial charge on any atom is -0.355 e. The van der Waals surface area contributed by atoms with E-state index in [0.29, 0.717) is 12.1 Å². The molecule has 0 amide bonds. The van der Waals surface area contributed by atoms with E-state index < -0.39 is 0 Å². The van der Waals surface area contributed by atoms with Gasteiger partial charge in [0.25, 0.3) is 0 Å². The summed E-state index contributed by atoms with van der Waals surface area (Å²) in [6.07, 6.45) is 0. The molecule has 1 aromatic carbocycles. The predicted octanol–water partition coefficient (Wildman–Crippen LogP) is 2.76. The van der Waals surface area contributed by atoms with Crippen molar-refractivity contribution in [2.75, 3.05) is 33.2 Å². The van der Waals surface area contributed by atoms with Crippen molar-refractivity contribution in [2.24, 2.45) is 4.99 Å². The highest BCUT2D eigenvalue weighted by Gasteiger charge is 2.03. The smallest absolute Gasteiger partial charge is 0.191 e. The third kappa shape index (κ3) is 7.40. The molecule has 0 radical (unpaired) electrons. The molecule has 0 aromatic heterocycles. The van der Waals surface area contributed by atoms with Gasteiger partial charge in [0.15, 0.2) is 5.96 Å². The molecule has 6 heteroatoms. The molecular weight excluding hydrogens is 394 g/mol. The van der Waals surface area contributed by atoms with Gasteiger partial charge in [-0.3, -0.25) is 4.99 Å². The van der Waals surface area contributed by atoms with Gasteiger partial charge in [-0.2, -0.15) is 0 Å². The van der Waals surface area contributed by atoms with Crippen LogP contribution >= 0.6 is 24.0 Å². The van der Waals surface area contributed by atoms with Gasteiger partial charge in [0.1, 0.15) is 5.82 Å². The number of halogens is 2. The molecule has 22 heavy (non-hydrogen) atoms. The number of nitrogens with one attached hydrogen (secondary N) is 2. The molecule has 0 atom stereocenters. The Morgan fingerprint density at radius 3 is 2.45 bits per heavy atom. The molecule has 0 saturated carbocycles. The topological polar surface area (TPSA) is 39.7 Å². The second kappa shape index (κ2) is 11.6. The number of rotatable bonds is 7.